The average Bonchev–Trinajstić information content (AvgIpc) is 2.73. The molecule has 3 unspecified atom stereocenters. The number of hydrogen-bond donors (Lipinski definition) is 1. The van der Waals surface area contributed by atoms with E-state index in [-0.39, 0.29) is 5.54 Å². The van der Waals surface area contributed by atoms with E-state index in [1.807, 2.05) is 0 Å². The quantitative estimate of drug-likeness (QED) is 0.718. The van der Waals surface area contributed by atoms with Gasteiger partial charge in [0.1, 0.15) is 0 Å². The van der Waals surface area contributed by atoms with Gasteiger partial charge < -0.3 is 10.1 Å². The highest BCUT2D eigenvalue weighted by Gasteiger charge is 2.41. The predicted molar refractivity (Wildman–Crippen MR) is 84.3 cm³/mol. The summed E-state index contributed by atoms with van der Waals surface area (Å²) in [5.74, 6) is 1.39. The van der Waals surface area contributed by atoms with E-state index in [9.17, 15) is 0 Å². The highest BCUT2D eigenvalue weighted by Crippen LogP contribution is 2.45. The fourth-order valence-corrected chi connectivity index (χ4v) is 3.77. The van der Waals surface area contributed by atoms with E-state index >= 15 is 0 Å². The minimum Gasteiger partial charge on any atom is -0.381 e. The van der Waals surface area contributed by atoms with Crippen molar-refractivity contribution in [1.29, 1.82) is 0 Å². The third-order valence-corrected chi connectivity index (χ3v) is 5.40. The Morgan fingerprint density at radius 2 is 2.05 bits per heavy atom. The van der Waals surface area contributed by atoms with Gasteiger partial charge in [-0.25, -0.2) is 0 Å². The van der Waals surface area contributed by atoms with Crippen molar-refractivity contribution in [2.75, 3.05) is 11.9 Å². The molecule has 2 heterocycles. The molecule has 2 aliphatic rings. The Hall–Kier alpha value is -0.955. The molecular formula is C16H25BN2. The van der Waals surface area contributed by atoms with Crippen molar-refractivity contribution in [1.82, 2.24) is 4.81 Å². The fraction of sp³-hybridized carbons (Fsp3) is 0.625. The Labute approximate surface area is 118 Å². The lowest BCUT2D eigenvalue weighted by atomic mass is 9.75. The summed E-state index contributed by atoms with van der Waals surface area (Å²) in [6, 6.07) is 9.50. The van der Waals surface area contributed by atoms with Gasteiger partial charge in [-0.15, -0.1) is 0 Å². The summed E-state index contributed by atoms with van der Waals surface area (Å²) in [5.41, 5.74) is 3.18. The molecule has 0 radical (unpaired) electrons. The van der Waals surface area contributed by atoms with Crippen LogP contribution in [0.15, 0.2) is 24.3 Å². The SMILES string of the molecule is BN1CCC(C)C2Nc3ccccc3C2CC1(C)C. The number of fused-ring (bicyclic) bond motifs is 3. The Bertz CT molecular complexity index is 472. The predicted octanol–water partition coefficient (Wildman–Crippen LogP) is 2.62. The molecule has 3 atom stereocenters. The lowest BCUT2D eigenvalue weighted by Gasteiger charge is -2.43. The molecule has 102 valence electrons. The molecule has 3 rings (SSSR count). The molecule has 19 heavy (non-hydrogen) atoms. The minimum absolute atomic E-state index is 0.280. The Kier molecular flexibility index (Phi) is 3.13. The van der Waals surface area contributed by atoms with Crippen LogP contribution in [0, 0.1) is 5.92 Å². The van der Waals surface area contributed by atoms with Gasteiger partial charge in [-0.2, -0.15) is 0 Å². The number of para-hydroxylation sites is 1. The van der Waals surface area contributed by atoms with Crippen molar-refractivity contribution in [3.8, 4) is 0 Å². The first-order valence-corrected chi connectivity index (χ1v) is 7.56. The summed E-state index contributed by atoms with van der Waals surface area (Å²) < 4.78 is 0. The first-order chi connectivity index (χ1) is 8.99. The Morgan fingerprint density at radius 3 is 2.84 bits per heavy atom. The molecule has 0 aromatic heterocycles. The van der Waals surface area contributed by atoms with Gasteiger partial charge in [-0.1, -0.05) is 25.1 Å². The molecule has 0 bridgehead atoms. The van der Waals surface area contributed by atoms with Gasteiger partial charge in [0.05, 0.1) is 0 Å². The first-order valence-electron chi connectivity index (χ1n) is 7.56. The highest BCUT2D eigenvalue weighted by atomic mass is 15.1. The van der Waals surface area contributed by atoms with E-state index in [0.717, 1.165) is 5.92 Å². The second kappa shape index (κ2) is 4.55. The van der Waals surface area contributed by atoms with E-state index in [1.54, 1.807) is 0 Å². The van der Waals surface area contributed by atoms with E-state index in [0.29, 0.717) is 12.0 Å². The van der Waals surface area contributed by atoms with Crippen LogP contribution in [-0.4, -0.2) is 30.9 Å². The number of benzene rings is 1. The number of hydrogen-bond acceptors (Lipinski definition) is 2. The lowest BCUT2D eigenvalue weighted by molar-refractivity contribution is 0.162. The smallest absolute Gasteiger partial charge is 0.186 e. The topological polar surface area (TPSA) is 15.3 Å². The second-order valence-electron chi connectivity index (χ2n) is 7.07. The zero-order valence-corrected chi connectivity index (χ0v) is 12.6. The zero-order chi connectivity index (χ0) is 13.6. The number of nitrogens with one attached hydrogen (secondary N) is 1. The van der Waals surface area contributed by atoms with Crippen molar-refractivity contribution < 1.29 is 0 Å². The molecule has 0 spiro atoms. The molecular weight excluding hydrogens is 231 g/mol. The molecule has 0 saturated carbocycles. The first kappa shape index (κ1) is 13.0. The van der Waals surface area contributed by atoms with E-state index in [4.69, 9.17) is 0 Å². The van der Waals surface area contributed by atoms with Crippen LogP contribution in [0.2, 0.25) is 0 Å². The number of rotatable bonds is 0. The van der Waals surface area contributed by atoms with Gasteiger partial charge in [0.15, 0.2) is 7.98 Å². The molecule has 2 aliphatic heterocycles. The molecule has 1 aromatic carbocycles. The maximum Gasteiger partial charge on any atom is 0.186 e. The standard InChI is InChI=1S/C16H25BN2/c1-11-8-9-19(17)16(2,3)10-13-12-6-4-5-7-14(12)18-15(11)13/h4-7,11,13,15,18H,8-10,17H2,1-3H3. The Morgan fingerprint density at radius 1 is 1.32 bits per heavy atom. The van der Waals surface area contributed by atoms with Gasteiger partial charge in [0.25, 0.3) is 0 Å². The van der Waals surface area contributed by atoms with Crippen LogP contribution < -0.4 is 5.32 Å². The van der Waals surface area contributed by atoms with Crippen molar-refractivity contribution in [2.45, 2.75) is 51.1 Å². The van der Waals surface area contributed by atoms with Gasteiger partial charge >= 0.3 is 0 Å². The molecule has 1 saturated heterocycles. The van der Waals surface area contributed by atoms with Crippen LogP contribution in [0.4, 0.5) is 5.69 Å². The van der Waals surface area contributed by atoms with Crippen molar-refractivity contribution in [3.63, 3.8) is 0 Å². The van der Waals surface area contributed by atoms with E-state index in [2.05, 4.69) is 63.1 Å². The number of anilines is 1. The third-order valence-electron chi connectivity index (χ3n) is 5.40. The molecule has 0 amide bonds. The molecule has 0 aliphatic carbocycles. The highest BCUT2D eigenvalue weighted by molar-refractivity contribution is 6.04. The summed E-state index contributed by atoms with van der Waals surface area (Å²) in [5, 5.41) is 3.79. The maximum atomic E-state index is 3.79. The summed E-state index contributed by atoms with van der Waals surface area (Å²) in [6.45, 7) is 8.39. The Balaban J connectivity index is 1.98. The molecule has 3 heteroatoms. The summed E-state index contributed by atoms with van der Waals surface area (Å²) in [7, 11) is 2.28. The summed E-state index contributed by atoms with van der Waals surface area (Å²) in [6.07, 6.45) is 2.52. The summed E-state index contributed by atoms with van der Waals surface area (Å²) in [4.78, 5) is 2.54. The molecule has 2 nitrogen and oxygen atoms in total. The van der Waals surface area contributed by atoms with Crippen LogP contribution in [0.25, 0.3) is 0 Å². The van der Waals surface area contributed by atoms with Crippen LogP contribution in [0.1, 0.15) is 45.1 Å². The molecule has 1 aromatic rings. The molecule has 1 fully saturated rings. The minimum atomic E-state index is 0.280. The van der Waals surface area contributed by atoms with Crippen LogP contribution in [0.3, 0.4) is 0 Å². The largest absolute Gasteiger partial charge is 0.381 e. The van der Waals surface area contributed by atoms with Gasteiger partial charge in [0.2, 0.25) is 0 Å². The van der Waals surface area contributed by atoms with E-state index < -0.39 is 0 Å². The number of nitrogens with zero attached hydrogens (tertiary/aromatic N) is 1. The lowest BCUT2D eigenvalue weighted by Crippen LogP contribution is -2.48. The van der Waals surface area contributed by atoms with Crippen molar-refractivity contribution >= 4 is 13.7 Å². The van der Waals surface area contributed by atoms with Gasteiger partial charge in [0, 0.05) is 23.2 Å². The van der Waals surface area contributed by atoms with E-state index in [1.165, 1.54) is 30.6 Å². The van der Waals surface area contributed by atoms with Crippen LogP contribution in [-0.2, 0) is 0 Å². The maximum absolute atomic E-state index is 3.79. The third kappa shape index (κ3) is 2.18. The van der Waals surface area contributed by atoms with Crippen molar-refractivity contribution in [2.24, 2.45) is 5.92 Å². The van der Waals surface area contributed by atoms with Crippen LogP contribution in [0.5, 0.6) is 0 Å². The normalized spacial score (nSPS) is 33.7. The van der Waals surface area contributed by atoms with Gasteiger partial charge in [-0.3, -0.25) is 0 Å². The monoisotopic (exact) mass is 256 g/mol. The summed E-state index contributed by atoms with van der Waals surface area (Å²) >= 11 is 0. The van der Waals surface area contributed by atoms with Crippen molar-refractivity contribution in [3.05, 3.63) is 29.8 Å². The second-order valence-corrected chi connectivity index (χ2v) is 7.07. The zero-order valence-electron chi connectivity index (χ0n) is 12.6. The van der Waals surface area contributed by atoms with Crippen LogP contribution >= 0.6 is 0 Å². The fourth-order valence-electron chi connectivity index (χ4n) is 3.77. The molecule has 1 N–H and O–H groups in total. The van der Waals surface area contributed by atoms with Gasteiger partial charge in [-0.05, 0) is 50.8 Å². The average molecular weight is 256 g/mol.